The van der Waals surface area contributed by atoms with Gasteiger partial charge in [0.2, 0.25) is 5.91 Å². The molecule has 0 aromatic rings. The Morgan fingerprint density at radius 3 is 2.41 bits per heavy atom. The van der Waals surface area contributed by atoms with Gasteiger partial charge in [-0.05, 0) is 24.7 Å². The quantitative estimate of drug-likeness (QED) is 0.692. The molecule has 17 heavy (non-hydrogen) atoms. The maximum atomic E-state index is 11.9. The van der Waals surface area contributed by atoms with Crippen LogP contribution < -0.4 is 11.1 Å². The topological polar surface area (TPSA) is 75.3 Å². The summed E-state index contributed by atoms with van der Waals surface area (Å²) in [5.74, 6) is -0.108. The standard InChI is InChI=1S/C13H26N2O2/c1-12(2,3)8-10(16)9-15-11(17)13(14)6-4-5-7-13/h10,16H,4-9,14H2,1-3H3,(H,15,17). The van der Waals surface area contributed by atoms with Crippen LogP contribution in [0.2, 0.25) is 0 Å². The minimum atomic E-state index is -0.693. The van der Waals surface area contributed by atoms with Crippen LogP contribution in [-0.4, -0.2) is 29.2 Å². The van der Waals surface area contributed by atoms with Crippen LogP contribution in [0.5, 0.6) is 0 Å². The maximum Gasteiger partial charge on any atom is 0.240 e. The van der Waals surface area contributed by atoms with Gasteiger partial charge in [-0.25, -0.2) is 0 Å². The van der Waals surface area contributed by atoms with Crippen LogP contribution in [0, 0.1) is 5.41 Å². The van der Waals surface area contributed by atoms with Crippen LogP contribution in [0.3, 0.4) is 0 Å². The highest BCUT2D eigenvalue weighted by molar-refractivity contribution is 5.86. The predicted molar refractivity (Wildman–Crippen MR) is 68.5 cm³/mol. The highest BCUT2D eigenvalue weighted by Gasteiger charge is 2.36. The summed E-state index contributed by atoms with van der Waals surface area (Å²) in [7, 11) is 0. The van der Waals surface area contributed by atoms with Crippen molar-refractivity contribution in [2.24, 2.45) is 11.1 Å². The lowest BCUT2D eigenvalue weighted by atomic mass is 9.89. The van der Waals surface area contributed by atoms with E-state index in [1.807, 2.05) is 0 Å². The van der Waals surface area contributed by atoms with Gasteiger partial charge in [0.15, 0.2) is 0 Å². The second kappa shape index (κ2) is 5.36. The summed E-state index contributed by atoms with van der Waals surface area (Å²) in [6.45, 7) is 6.51. The van der Waals surface area contributed by atoms with Gasteiger partial charge >= 0.3 is 0 Å². The lowest BCUT2D eigenvalue weighted by molar-refractivity contribution is -0.126. The first kappa shape index (κ1) is 14.5. The van der Waals surface area contributed by atoms with Gasteiger partial charge < -0.3 is 16.2 Å². The number of carbonyl (C=O) groups is 1. The van der Waals surface area contributed by atoms with E-state index < -0.39 is 11.6 Å². The molecule has 1 unspecified atom stereocenters. The number of carbonyl (C=O) groups excluding carboxylic acids is 1. The van der Waals surface area contributed by atoms with Gasteiger partial charge in [-0.2, -0.15) is 0 Å². The Balaban J connectivity index is 2.33. The Morgan fingerprint density at radius 1 is 1.41 bits per heavy atom. The van der Waals surface area contributed by atoms with E-state index in [-0.39, 0.29) is 11.3 Å². The molecule has 0 radical (unpaired) electrons. The molecule has 0 heterocycles. The molecule has 0 aromatic carbocycles. The molecule has 1 aliphatic rings. The number of nitrogens with one attached hydrogen (secondary N) is 1. The minimum Gasteiger partial charge on any atom is -0.391 e. The third kappa shape index (κ3) is 4.64. The average Bonchev–Trinajstić information content (AvgIpc) is 2.60. The summed E-state index contributed by atoms with van der Waals surface area (Å²) in [5.41, 5.74) is 5.40. The van der Waals surface area contributed by atoms with Gasteiger partial charge in [0, 0.05) is 6.54 Å². The van der Waals surface area contributed by atoms with Crippen molar-refractivity contribution < 1.29 is 9.90 Å². The Hall–Kier alpha value is -0.610. The Bertz CT molecular complexity index is 265. The van der Waals surface area contributed by atoms with Gasteiger partial charge in [0.25, 0.3) is 0 Å². The van der Waals surface area contributed by atoms with E-state index in [1.54, 1.807) is 0 Å². The van der Waals surface area contributed by atoms with Crippen LogP contribution >= 0.6 is 0 Å². The largest absolute Gasteiger partial charge is 0.391 e. The van der Waals surface area contributed by atoms with E-state index in [0.717, 1.165) is 25.7 Å². The Morgan fingerprint density at radius 2 is 1.94 bits per heavy atom. The smallest absolute Gasteiger partial charge is 0.240 e. The zero-order chi connectivity index (χ0) is 13.1. The number of aliphatic hydroxyl groups excluding tert-OH is 1. The predicted octanol–water partition coefficient (Wildman–Crippen LogP) is 1.17. The number of hydrogen-bond acceptors (Lipinski definition) is 3. The monoisotopic (exact) mass is 242 g/mol. The highest BCUT2D eigenvalue weighted by Crippen LogP contribution is 2.27. The fourth-order valence-electron chi connectivity index (χ4n) is 2.40. The van der Waals surface area contributed by atoms with Crippen LogP contribution in [0.25, 0.3) is 0 Å². The molecular formula is C13H26N2O2. The first-order valence-electron chi connectivity index (χ1n) is 6.48. The van der Waals surface area contributed by atoms with Gasteiger partial charge in [0.1, 0.15) is 0 Å². The summed E-state index contributed by atoms with van der Waals surface area (Å²) in [6.07, 6.45) is 3.74. The second-order valence-electron chi connectivity index (χ2n) is 6.49. The Kier molecular flexibility index (Phi) is 4.55. The first-order chi connectivity index (χ1) is 7.73. The van der Waals surface area contributed by atoms with E-state index in [0.29, 0.717) is 13.0 Å². The number of hydrogen-bond donors (Lipinski definition) is 3. The molecule has 100 valence electrons. The molecule has 0 saturated heterocycles. The lowest BCUT2D eigenvalue weighted by Gasteiger charge is -2.25. The fourth-order valence-corrected chi connectivity index (χ4v) is 2.40. The second-order valence-corrected chi connectivity index (χ2v) is 6.49. The van der Waals surface area contributed by atoms with Crippen molar-refractivity contribution in [2.75, 3.05) is 6.54 Å². The maximum absolute atomic E-state index is 11.9. The summed E-state index contributed by atoms with van der Waals surface area (Å²) in [4.78, 5) is 11.9. The van der Waals surface area contributed by atoms with Crippen molar-refractivity contribution in [2.45, 2.75) is 64.5 Å². The molecule has 4 heteroatoms. The van der Waals surface area contributed by atoms with Gasteiger partial charge in [-0.3, -0.25) is 4.79 Å². The van der Waals surface area contributed by atoms with Crippen molar-refractivity contribution in [3.63, 3.8) is 0 Å². The van der Waals surface area contributed by atoms with Crippen molar-refractivity contribution in [1.29, 1.82) is 0 Å². The molecule has 4 nitrogen and oxygen atoms in total. The molecule has 1 fully saturated rings. The number of aliphatic hydroxyl groups is 1. The average molecular weight is 242 g/mol. The zero-order valence-corrected chi connectivity index (χ0v) is 11.3. The van der Waals surface area contributed by atoms with Crippen LogP contribution in [0.4, 0.5) is 0 Å². The molecule has 1 amide bonds. The van der Waals surface area contributed by atoms with E-state index in [4.69, 9.17) is 5.73 Å². The van der Waals surface area contributed by atoms with E-state index in [1.165, 1.54) is 0 Å². The molecule has 1 atom stereocenters. The summed E-state index contributed by atoms with van der Waals surface area (Å²) in [5, 5.41) is 12.6. The van der Waals surface area contributed by atoms with Gasteiger partial charge in [0.05, 0.1) is 11.6 Å². The summed E-state index contributed by atoms with van der Waals surface area (Å²) >= 11 is 0. The molecule has 0 bridgehead atoms. The number of nitrogens with two attached hydrogens (primary N) is 1. The third-order valence-electron chi connectivity index (χ3n) is 3.29. The van der Waals surface area contributed by atoms with E-state index >= 15 is 0 Å². The van der Waals surface area contributed by atoms with Crippen molar-refractivity contribution >= 4 is 5.91 Å². The van der Waals surface area contributed by atoms with Gasteiger partial charge in [-0.15, -0.1) is 0 Å². The van der Waals surface area contributed by atoms with E-state index in [2.05, 4.69) is 26.1 Å². The molecule has 0 spiro atoms. The Labute approximate surface area is 104 Å². The number of rotatable bonds is 4. The number of amides is 1. The van der Waals surface area contributed by atoms with Crippen LogP contribution in [0.1, 0.15) is 52.9 Å². The molecule has 0 aromatic heterocycles. The SMILES string of the molecule is CC(C)(C)CC(O)CNC(=O)C1(N)CCCC1. The molecule has 0 aliphatic heterocycles. The normalized spacial score (nSPS) is 21.2. The summed E-state index contributed by atoms with van der Waals surface area (Å²) in [6, 6.07) is 0. The van der Waals surface area contributed by atoms with Crippen molar-refractivity contribution in [1.82, 2.24) is 5.32 Å². The lowest BCUT2D eigenvalue weighted by Crippen LogP contribution is -2.53. The van der Waals surface area contributed by atoms with Gasteiger partial charge in [-0.1, -0.05) is 33.6 Å². The van der Waals surface area contributed by atoms with Crippen molar-refractivity contribution in [3.8, 4) is 0 Å². The van der Waals surface area contributed by atoms with E-state index in [9.17, 15) is 9.90 Å². The summed E-state index contributed by atoms with van der Waals surface area (Å²) < 4.78 is 0. The van der Waals surface area contributed by atoms with Crippen LogP contribution in [-0.2, 0) is 4.79 Å². The zero-order valence-electron chi connectivity index (χ0n) is 11.3. The molecule has 1 aliphatic carbocycles. The third-order valence-corrected chi connectivity index (χ3v) is 3.29. The molecular weight excluding hydrogens is 216 g/mol. The first-order valence-corrected chi connectivity index (χ1v) is 6.48. The minimum absolute atomic E-state index is 0.0674. The molecule has 1 saturated carbocycles. The highest BCUT2D eigenvalue weighted by atomic mass is 16.3. The fraction of sp³-hybridized carbons (Fsp3) is 0.923. The van der Waals surface area contributed by atoms with Crippen molar-refractivity contribution in [3.05, 3.63) is 0 Å². The molecule has 1 rings (SSSR count). The van der Waals surface area contributed by atoms with Crippen LogP contribution in [0.15, 0.2) is 0 Å². The molecule has 4 N–H and O–H groups in total.